The number of hydrogen-bond acceptors (Lipinski definition) is 12. The van der Waals surface area contributed by atoms with E-state index in [1.54, 1.807) is 0 Å². The molecule has 6 amide bonds. The number of nitrogens with two attached hydrogens (primary N) is 4. The quantitative estimate of drug-likeness (QED) is 0.0211. The molecule has 0 fully saturated rings. The molecule has 0 saturated carbocycles. The molecule has 0 aromatic carbocycles. The number of hydrogen-bond donors (Lipinski definition) is 12. The van der Waals surface area contributed by atoms with Gasteiger partial charge in [0.25, 0.3) is 0 Å². The van der Waals surface area contributed by atoms with E-state index in [2.05, 4.69) is 70.1 Å². The molecule has 18 heteroatoms. The summed E-state index contributed by atoms with van der Waals surface area (Å²) in [6, 6.07) is -6.90. The summed E-state index contributed by atoms with van der Waals surface area (Å²) in [7, 11) is 0. The molecule has 18 nitrogen and oxygen atoms in total. The van der Waals surface area contributed by atoms with Crippen LogP contribution in [-0.2, 0) is 28.8 Å². The minimum absolute atomic E-state index is 0.0298. The molecule has 0 aliphatic heterocycles. The second kappa shape index (κ2) is 54.6. The zero-order valence-electron chi connectivity index (χ0n) is 49.8. The highest BCUT2D eigenvalue weighted by molar-refractivity contribution is 5.94. The van der Waals surface area contributed by atoms with Gasteiger partial charge >= 0.3 is 0 Å². The van der Waals surface area contributed by atoms with Gasteiger partial charge in [0, 0.05) is 13.1 Å². The molecule has 0 heterocycles. The van der Waals surface area contributed by atoms with Crippen LogP contribution < -0.4 is 54.8 Å². The van der Waals surface area contributed by atoms with Gasteiger partial charge in [0.1, 0.15) is 24.2 Å². The molecule has 0 radical (unpaired) electrons. The number of aliphatic hydroxyl groups excluding tert-OH is 2. The Hall–Kier alpha value is -3.94. The highest BCUT2D eigenvalue weighted by Gasteiger charge is 2.30. The monoisotopic (exact) mass is 1120 g/mol. The van der Waals surface area contributed by atoms with E-state index in [1.807, 2.05) is 0 Å². The Morgan fingerprint density at radius 1 is 0.342 bits per heavy atom. The number of carbonyl (C=O) groups excluding carboxylic acids is 6. The van der Waals surface area contributed by atoms with Crippen molar-refractivity contribution in [2.24, 2.45) is 22.9 Å². The Bertz CT molecular complexity index is 1480. The van der Waals surface area contributed by atoms with Gasteiger partial charge in [-0.05, 0) is 122 Å². The van der Waals surface area contributed by atoms with E-state index >= 15 is 0 Å². The van der Waals surface area contributed by atoms with Gasteiger partial charge < -0.3 is 65.0 Å². The molecule has 6 atom stereocenters. The first-order chi connectivity index (χ1) is 38.4. The molecule has 6 unspecified atom stereocenters. The van der Waals surface area contributed by atoms with Gasteiger partial charge in [-0.1, -0.05) is 167 Å². The number of allylic oxidation sites excluding steroid dienone is 4. The number of carbonyl (C=O) groups is 6. The van der Waals surface area contributed by atoms with Crippen LogP contribution in [0.15, 0.2) is 24.3 Å². The van der Waals surface area contributed by atoms with E-state index in [0.29, 0.717) is 64.7 Å². The lowest BCUT2D eigenvalue weighted by atomic mass is 10.0. The lowest BCUT2D eigenvalue weighted by Gasteiger charge is -2.25. The van der Waals surface area contributed by atoms with E-state index in [1.165, 1.54) is 77.0 Å². The molecule has 79 heavy (non-hydrogen) atoms. The molecule has 460 valence electrons. The van der Waals surface area contributed by atoms with Gasteiger partial charge in [-0.3, -0.25) is 28.8 Å². The summed E-state index contributed by atoms with van der Waals surface area (Å²) >= 11 is 0. The van der Waals surface area contributed by atoms with Crippen LogP contribution in [0, 0.1) is 0 Å². The van der Waals surface area contributed by atoms with Crippen molar-refractivity contribution in [3.05, 3.63) is 24.3 Å². The summed E-state index contributed by atoms with van der Waals surface area (Å²) in [5.41, 5.74) is 23.3. The summed E-state index contributed by atoms with van der Waals surface area (Å²) in [6.07, 6.45) is 45.0. The largest absolute Gasteiger partial charge is 0.394 e. The maximum absolute atomic E-state index is 13.8. The van der Waals surface area contributed by atoms with Crippen molar-refractivity contribution in [2.45, 2.75) is 288 Å². The third-order valence-corrected chi connectivity index (χ3v) is 14.5. The Morgan fingerprint density at radius 2 is 0.633 bits per heavy atom. The lowest BCUT2D eigenvalue weighted by molar-refractivity contribution is -0.133. The molecule has 0 aromatic rings. The van der Waals surface area contributed by atoms with E-state index in [-0.39, 0.29) is 19.3 Å². The Morgan fingerprint density at radius 3 is 0.937 bits per heavy atom. The van der Waals surface area contributed by atoms with Crippen molar-refractivity contribution in [2.75, 3.05) is 39.4 Å². The van der Waals surface area contributed by atoms with E-state index in [4.69, 9.17) is 22.9 Å². The first-order valence-corrected chi connectivity index (χ1v) is 31.6. The van der Waals surface area contributed by atoms with Crippen molar-refractivity contribution >= 4 is 35.4 Å². The zero-order valence-corrected chi connectivity index (χ0v) is 49.8. The number of unbranched alkanes of at least 4 members (excludes halogenated alkanes) is 26. The second-order valence-corrected chi connectivity index (χ2v) is 21.8. The average molecular weight is 1120 g/mol. The van der Waals surface area contributed by atoms with Crippen LogP contribution in [-0.4, -0.2) is 121 Å². The summed E-state index contributed by atoms with van der Waals surface area (Å²) in [6.45, 7) is 4.61. The van der Waals surface area contributed by atoms with Gasteiger partial charge in [0.05, 0.1) is 25.3 Å². The molecule has 0 aromatic heterocycles. The topological polar surface area (TPSA) is 319 Å². The van der Waals surface area contributed by atoms with Crippen LogP contribution in [0.25, 0.3) is 0 Å². The fraction of sp³-hybridized carbons (Fsp3) is 0.836. The molecule has 16 N–H and O–H groups in total. The predicted octanol–water partition coefficient (Wildman–Crippen LogP) is 7.30. The van der Waals surface area contributed by atoms with E-state index in [9.17, 15) is 39.0 Å². The molecule has 0 aliphatic rings. The third-order valence-electron chi connectivity index (χ3n) is 14.5. The minimum Gasteiger partial charge on any atom is -0.394 e. The second-order valence-electron chi connectivity index (χ2n) is 21.8. The van der Waals surface area contributed by atoms with Gasteiger partial charge in [-0.2, -0.15) is 0 Å². The highest BCUT2D eigenvalue weighted by Crippen LogP contribution is 2.13. The van der Waals surface area contributed by atoms with Gasteiger partial charge in [-0.15, -0.1) is 0 Å². The molecule has 0 rings (SSSR count). The highest BCUT2D eigenvalue weighted by atomic mass is 16.3. The summed E-state index contributed by atoms with van der Waals surface area (Å²) in [4.78, 5) is 80.7. The van der Waals surface area contributed by atoms with Crippen LogP contribution in [0.1, 0.15) is 251 Å². The standard InChI is InChI=1S/C61H118N10O8/c1-3-5-7-9-11-13-15-17-19-21-23-25-27-29-31-37-46-66-58(76)52(68-60(78)54(48-72)70-56(74)50(64)40-33-35-44-62)42-39-43-53(69-61(79)55(49-73)71-57(75)51(65)41-34-36-45-63)59(77)67-47-38-32-30-28-26-24-22-20-18-16-14-12-10-8-6-4-2/h17-20,50-55,72-73H,3-16,21-49,62-65H2,1-2H3,(H,66,76)(H,67,77)(H,68,78)(H,69,79)(H,70,74)(H,71,75)/b19-17-,20-18-. The number of nitrogens with one attached hydrogen (secondary N) is 6. The third kappa shape index (κ3) is 43.5. The fourth-order valence-corrected chi connectivity index (χ4v) is 9.25. The molecular weight excluding hydrogens is 1000 g/mol. The first kappa shape index (κ1) is 75.1. The van der Waals surface area contributed by atoms with Crippen LogP contribution in [0.3, 0.4) is 0 Å². The summed E-state index contributed by atoms with van der Waals surface area (Å²) in [5.74, 6) is -3.77. The lowest BCUT2D eigenvalue weighted by Crippen LogP contribution is -2.57. The van der Waals surface area contributed by atoms with Crippen LogP contribution in [0.5, 0.6) is 0 Å². The Kier molecular flexibility index (Phi) is 51.9. The van der Waals surface area contributed by atoms with E-state index in [0.717, 1.165) is 103 Å². The smallest absolute Gasteiger partial charge is 0.245 e. The van der Waals surface area contributed by atoms with Gasteiger partial charge in [0.2, 0.25) is 35.4 Å². The SMILES string of the molecule is CCCCCCCC/C=C\CCCCCCCCNC(=O)C(CCCC(NC(=O)C(CO)NC(=O)C(N)CCCCN)C(=O)NCCCCCCCC/C=C\CCCCCCCC)NC(=O)C(CO)NC(=O)C(N)CCCCN. The van der Waals surface area contributed by atoms with Crippen molar-refractivity contribution in [1.82, 2.24) is 31.9 Å². The predicted molar refractivity (Wildman–Crippen MR) is 322 cm³/mol. The average Bonchev–Trinajstić information content (AvgIpc) is 3.44. The molecule has 0 bridgehead atoms. The van der Waals surface area contributed by atoms with Crippen molar-refractivity contribution in [3.63, 3.8) is 0 Å². The number of rotatable bonds is 56. The molecule has 0 spiro atoms. The van der Waals surface area contributed by atoms with E-state index < -0.39 is 84.9 Å². The van der Waals surface area contributed by atoms with Crippen molar-refractivity contribution in [3.8, 4) is 0 Å². The maximum atomic E-state index is 13.8. The Balaban J connectivity index is 5.73. The molecule has 0 aliphatic carbocycles. The van der Waals surface area contributed by atoms with Gasteiger partial charge in [0.15, 0.2) is 0 Å². The van der Waals surface area contributed by atoms with Gasteiger partial charge in [-0.25, -0.2) is 0 Å². The van der Waals surface area contributed by atoms with Crippen molar-refractivity contribution in [1.29, 1.82) is 0 Å². The van der Waals surface area contributed by atoms with Crippen LogP contribution in [0.2, 0.25) is 0 Å². The minimum atomic E-state index is -1.39. The van der Waals surface area contributed by atoms with Crippen LogP contribution in [0.4, 0.5) is 0 Å². The van der Waals surface area contributed by atoms with Crippen LogP contribution >= 0.6 is 0 Å². The fourth-order valence-electron chi connectivity index (χ4n) is 9.25. The Labute approximate surface area is 478 Å². The maximum Gasteiger partial charge on any atom is 0.245 e. The first-order valence-electron chi connectivity index (χ1n) is 31.6. The molecular formula is C61H118N10O8. The summed E-state index contributed by atoms with van der Waals surface area (Å²) < 4.78 is 0. The molecule has 0 saturated heterocycles. The zero-order chi connectivity index (χ0) is 58.4. The van der Waals surface area contributed by atoms with Crippen molar-refractivity contribution < 1.29 is 39.0 Å². The number of amides is 6. The summed E-state index contributed by atoms with van der Waals surface area (Å²) in [5, 5.41) is 36.6. The normalized spacial score (nSPS) is 13.9. The number of aliphatic hydroxyl groups is 2.